The Morgan fingerprint density at radius 2 is 2.14 bits per heavy atom. The van der Waals surface area contributed by atoms with Crippen LogP contribution in [0.1, 0.15) is 31.2 Å². The molecule has 3 nitrogen and oxygen atoms in total. The van der Waals surface area contributed by atoms with Gasteiger partial charge in [0.25, 0.3) is 0 Å². The fourth-order valence-corrected chi connectivity index (χ4v) is 2.16. The molecule has 1 aromatic rings. The fraction of sp³-hybridized carbons (Fsp3) is 0.545. The smallest absolute Gasteiger partial charge is 0.126 e. The highest BCUT2D eigenvalue weighted by Gasteiger charge is 2.31. The minimum absolute atomic E-state index is 0.531. The number of nitrogens with zero attached hydrogens (tertiary/aromatic N) is 1. The Morgan fingerprint density at radius 1 is 1.43 bits per heavy atom. The molecule has 0 amide bonds. The Labute approximate surface area is 84.0 Å². The molecular formula is C11H16N2O. The van der Waals surface area contributed by atoms with E-state index in [1.807, 2.05) is 12.1 Å². The van der Waals surface area contributed by atoms with E-state index in [-0.39, 0.29) is 0 Å². The van der Waals surface area contributed by atoms with Crippen LogP contribution in [0.25, 0.3) is 0 Å². The highest BCUT2D eigenvalue weighted by atomic mass is 16.3. The molecule has 0 bridgehead atoms. The van der Waals surface area contributed by atoms with Crippen molar-refractivity contribution in [3.8, 4) is 0 Å². The second-order valence-corrected chi connectivity index (χ2v) is 4.16. The van der Waals surface area contributed by atoms with Crippen molar-refractivity contribution in [1.29, 1.82) is 0 Å². The van der Waals surface area contributed by atoms with Gasteiger partial charge < -0.3 is 10.8 Å². The van der Waals surface area contributed by atoms with Crippen molar-refractivity contribution in [2.45, 2.75) is 37.7 Å². The Kier molecular flexibility index (Phi) is 2.42. The third-order valence-corrected chi connectivity index (χ3v) is 2.98. The molecule has 3 N–H and O–H groups in total. The summed E-state index contributed by atoms with van der Waals surface area (Å²) in [5, 5.41) is 10.2. The molecule has 3 heteroatoms. The first-order valence-corrected chi connectivity index (χ1v) is 5.11. The average molecular weight is 192 g/mol. The summed E-state index contributed by atoms with van der Waals surface area (Å²) in [5.41, 5.74) is 6.17. The van der Waals surface area contributed by atoms with Crippen LogP contribution >= 0.6 is 0 Å². The predicted octanol–water partition coefficient (Wildman–Crippen LogP) is 1.51. The van der Waals surface area contributed by atoms with E-state index in [1.165, 1.54) is 0 Å². The highest BCUT2D eigenvalue weighted by Crippen LogP contribution is 2.33. The molecule has 0 radical (unpaired) electrons. The molecule has 2 rings (SSSR count). The third-order valence-electron chi connectivity index (χ3n) is 2.98. The van der Waals surface area contributed by atoms with Gasteiger partial charge in [0.2, 0.25) is 0 Å². The highest BCUT2D eigenvalue weighted by molar-refractivity contribution is 5.39. The van der Waals surface area contributed by atoms with Crippen LogP contribution < -0.4 is 5.73 Å². The van der Waals surface area contributed by atoms with E-state index in [2.05, 4.69) is 4.98 Å². The molecule has 0 atom stereocenters. The van der Waals surface area contributed by atoms with E-state index in [9.17, 15) is 5.11 Å². The number of rotatable bonds is 2. The van der Waals surface area contributed by atoms with Crippen LogP contribution in [0.3, 0.4) is 0 Å². The Morgan fingerprint density at radius 3 is 2.79 bits per heavy atom. The lowest BCUT2D eigenvalue weighted by Gasteiger charge is -2.22. The molecule has 1 aromatic heterocycles. The second kappa shape index (κ2) is 3.58. The molecule has 1 aliphatic rings. The van der Waals surface area contributed by atoms with Crippen molar-refractivity contribution >= 4 is 5.82 Å². The molecule has 0 aromatic carbocycles. The minimum Gasteiger partial charge on any atom is -0.390 e. The normalized spacial score (nSPS) is 19.8. The van der Waals surface area contributed by atoms with Crippen LogP contribution in [-0.2, 0) is 6.42 Å². The number of pyridine rings is 1. The minimum atomic E-state index is -0.531. The predicted molar refractivity (Wildman–Crippen MR) is 55.8 cm³/mol. The lowest BCUT2D eigenvalue weighted by Crippen LogP contribution is -2.27. The lowest BCUT2D eigenvalue weighted by atomic mass is 9.93. The van der Waals surface area contributed by atoms with Crippen LogP contribution in [0.15, 0.2) is 18.3 Å². The summed E-state index contributed by atoms with van der Waals surface area (Å²) in [6, 6.07) is 3.81. The molecule has 14 heavy (non-hydrogen) atoms. The summed E-state index contributed by atoms with van der Waals surface area (Å²) in [7, 11) is 0. The van der Waals surface area contributed by atoms with E-state index in [4.69, 9.17) is 5.73 Å². The van der Waals surface area contributed by atoms with E-state index in [0.717, 1.165) is 31.2 Å². The molecule has 1 heterocycles. The molecule has 0 saturated heterocycles. The van der Waals surface area contributed by atoms with Gasteiger partial charge in [0.15, 0.2) is 0 Å². The molecule has 1 saturated carbocycles. The monoisotopic (exact) mass is 192 g/mol. The van der Waals surface area contributed by atoms with Crippen molar-refractivity contribution in [3.05, 3.63) is 23.9 Å². The van der Waals surface area contributed by atoms with E-state index in [1.54, 1.807) is 6.20 Å². The van der Waals surface area contributed by atoms with Crippen LogP contribution in [0.2, 0.25) is 0 Å². The molecule has 0 aliphatic heterocycles. The maximum absolute atomic E-state index is 10.2. The van der Waals surface area contributed by atoms with E-state index in [0.29, 0.717) is 12.2 Å². The molecule has 1 aliphatic carbocycles. The number of aromatic nitrogens is 1. The molecule has 0 unspecified atom stereocenters. The van der Waals surface area contributed by atoms with Crippen LogP contribution in [-0.4, -0.2) is 15.7 Å². The number of hydrogen-bond donors (Lipinski definition) is 2. The van der Waals surface area contributed by atoms with Crippen molar-refractivity contribution in [2.24, 2.45) is 0 Å². The first-order valence-electron chi connectivity index (χ1n) is 5.11. The Balaban J connectivity index is 2.14. The summed E-state index contributed by atoms with van der Waals surface area (Å²) < 4.78 is 0. The summed E-state index contributed by atoms with van der Waals surface area (Å²) in [6.07, 6.45) is 6.35. The van der Waals surface area contributed by atoms with Crippen molar-refractivity contribution < 1.29 is 5.11 Å². The SMILES string of the molecule is Nc1ncccc1CC1(O)CCCC1. The first-order chi connectivity index (χ1) is 6.70. The zero-order valence-electron chi connectivity index (χ0n) is 8.24. The van der Waals surface area contributed by atoms with E-state index >= 15 is 0 Å². The summed E-state index contributed by atoms with van der Waals surface area (Å²) >= 11 is 0. The zero-order valence-corrected chi connectivity index (χ0v) is 8.24. The lowest BCUT2D eigenvalue weighted by molar-refractivity contribution is 0.0483. The van der Waals surface area contributed by atoms with Crippen molar-refractivity contribution in [1.82, 2.24) is 4.98 Å². The van der Waals surface area contributed by atoms with Gasteiger partial charge >= 0.3 is 0 Å². The van der Waals surface area contributed by atoms with Gasteiger partial charge in [-0.1, -0.05) is 18.9 Å². The average Bonchev–Trinajstić information content (AvgIpc) is 2.57. The largest absolute Gasteiger partial charge is 0.390 e. The van der Waals surface area contributed by atoms with Gasteiger partial charge in [-0.2, -0.15) is 0 Å². The Hall–Kier alpha value is -1.09. The van der Waals surface area contributed by atoms with Gasteiger partial charge in [0.1, 0.15) is 5.82 Å². The molecule has 1 fully saturated rings. The summed E-state index contributed by atoms with van der Waals surface area (Å²) in [5.74, 6) is 0.549. The first kappa shape index (κ1) is 9.46. The molecular weight excluding hydrogens is 176 g/mol. The number of hydrogen-bond acceptors (Lipinski definition) is 3. The van der Waals surface area contributed by atoms with Gasteiger partial charge in [-0.25, -0.2) is 4.98 Å². The van der Waals surface area contributed by atoms with Crippen LogP contribution in [0.4, 0.5) is 5.82 Å². The van der Waals surface area contributed by atoms with Crippen LogP contribution in [0.5, 0.6) is 0 Å². The molecule has 0 spiro atoms. The number of nitrogens with two attached hydrogens (primary N) is 1. The van der Waals surface area contributed by atoms with Gasteiger partial charge in [-0.05, 0) is 24.5 Å². The zero-order chi connectivity index (χ0) is 10.0. The number of aliphatic hydroxyl groups is 1. The topological polar surface area (TPSA) is 59.1 Å². The van der Waals surface area contributed by atoms with Gasteiger partial charge in [-0.15, -0.1) is 0 Å². The standard InChI is InChI=1S/C11H16N2O/c12-10-9(4-3-7-13-10)8-11(14)5-1-2-6-11/h3-4,7,14H,1-2,5-6,8H2,(H2,12,13). The van der Waals surface area contributed by atoms with E-state index < -0.39 is 5.60 Å². The summed E-state index contributed by atoms with van der Waals surface area (Å²) in [6.45, 7) is 0. The second-order valence-electron chi connectivity index (χ2n) is 4.16. The summed E-state index contributed by atoms with van der Waals surface area (Å²) in [4.78, 5) is 4.02. The maximum atomic E-state index is 10.2. The van der Waals surface area contributed by atoms with Crippen molar-refractivity contribution in [3.63, 3.8) is 0 Å². The van der Waals surface area contributed by atoms with Crippen molar-refractivity contribution in [2.75, 3.05) is 5.73 Å². The Bertz CT molecular complexity index is 319. The maximum Gasteiger partial charge on any atom is 0.126 e. The van der Waals surface area contributed by atoms with Gasteiger partial charge in [-0.3, -0.25) is 0 Å². The van der Waals surface area contributed by atoms with Gasteiger partial charge in [0.05, 0.1) is 5.60 Å². The van der Waals surface area contributed by atoms with Gasteiger partial charge in [0, 0.05) is 12.6 Å². The number of anilines is 1. The molecule has 76 valence electrons. The quantitative estimate of drug-likeness (QED) is 0.746. The number of nitrogen functional groups attached to an aromatic ring is 1. The third kappa shape index (κ3) is 1.87. The fourth-order valence-electron chi connectivity index (χ4n) is 2.16. The van der Waals surface area contributed by atoms with Crippen LogP contribution in [0, 0.1) is 0 Å².